The Bertz CT molecular complexity index is 2310. The van der Waals surface area contributed by atoms with Gasteiger partial charge in [0.2, 0.25) is 0 Å². The van der Waals surface area contributed by atoms with Gasteiger partial charge in [-0.2, -0.15) is 0 Å². The van der Waals surface area contributed by atoms with Crippen LogP contribution in [0.3, 0.4) is 0 Å². The second kappa shape index (κ2) is 32.0. The van der Waals surface area contributed by atoms with Crippen molar-refractivity contribution in [3.8, 4) is 0 Å². The van der Waals surface area contributed by atoms with Crippen LogP contribution in [-0.4, -0.2) is 19.2 Å². The van der Waals surface area contributed by atoms with Crippen LogP contribution in [0.5, 0.6) is 0 Å². The van der Waals surface area contributed by atoms with Crippen molar-refractivity contribution >= 4 is 33.7 Å². The predicted molar refractivity (Wildman–Crippen MR) is 268 cm³/mol. The van der Waals surface area contributed by atoms with Gasteiger partial charge in [0.15, 0.2) is 46.5 Å². The molecule has 0 fully saturated rings. The second-order valence-electron chi connectivity index (χ2n) is 19.6. The van der Waals surface area contributed by atoms with Gasteiger partial charge in [-0.05, 0) is 37.8 Å². The van der Waals surface area contributed by atoms with E-state index in [9.17, 15) is 35.1 Å². The van der Waals surface area contributed by atoms with Crippen LogP contribution in [-0.2, 0) is 0 Å². The predicted octanol–water partition coefficient (Wildman–Crippen LogP) is 15.9. The minimum atomic E-state index is -6.18. The number of hydrogen-bond acceptors (Lipinski definition) is 0. The number of halogens is 16. The summed E-state index contributed by atoms with van der Waals surface area (Å²) in [7, 11) is 0. The molecule has 0 atom stereocenters. The molecule has 0 radical (unpaired) electrons. The summed E-state index contributed by atoms with van der Waals surface area (Å²) in [6, 6.07) is 8.37. The molecule has 1 nitrogen and oxygen atoms in total. The third-order valence-electron chi connectivity index (χ3n) is 14.2. The Kier molecular flexibility index (Phi) is 26.8. The molecule has 0 unspecified atom stereocenters. The third-order valence-corrected chi connectivity index (χ3v) is 14.2. The van der Waals surface area contributed by atoms with Crippen LogP contribution in [0.2, 0.25) is 0 Å². The number of rotatable bonds is 31. The normalized spacial score (nSPS) is 11.7. The Morgan fingerprint density at radius 2 is 0.500 bits per heavy atom. The minimum Gasteiger partial charge on any atom is -0.302 e. The molecule has 0 aliphatic heterocycles. The summed E-state index contributed by atoms with van der Waals surface area (Å²) >= 11 is 0. The zero-order valence-electron chi connectivity index (χ0n) is 43.2. The van der Waals surface area contributed by atoms with Gasteiger partial charge in [0.05, 0.1) is 36.4 Å². The smallest absolute Gasteiger partial charge is 0.191 e. The Morgan fingerprint density at radius 1 is 0.276 bits per heavy atom. The first kappa shape index (κ1) is 63.5. The van der Waals surface area contributed by atoms with Gasteiger partial charge in [0.1, 0.15) is 35.1 Å². The molecule has 1 N–H and O–H groups in total. The monoisotopic (exact) mass is 1090 g/mol. The van der Waals surface area contributed by atoms with Crippen molar-refractivity contribution in [3.63, 3.8) is 0 Å². The molecule has 5 aromatic rings. The highest BCUT2D eigenvalue weighted by Gasteiger charge is 2.49. The number of para-hydroxylation sites is 1. The summed E-state index contributed by atoms with van der Waals surface area (Å²) in [6.07, 6.45) is 28.4. The van der Waals surface area contributed by atoms with Crippen LogP contribution >= 0.6 is 0 Å². The molecule has 0 aliphatic rings. The SMILES string of the molecule is CCCCCCCCCCCCCC[NH+](CCCCCCCCCCCCCC)c1ccccc1.Fc1cc(F)c([B-](c2c(F)cc(F)c(F)c2F)(c2c(F)cc(F)c(F)c2F)c2c(F)cc(F)c(F)c2F)c(F)c1F. The first-order valence-electron chi connectivity index (χ1n) is 26.8. The minimum absolute atomic E-state index is 0.731. The van der Waals surface area contributed by atoms with Crippen LogP contribution in [0.25, 0.3) is 0 Å². The highest BCUT2D eigenvalue weighted by molar-refractivity contribution is 7.20. The fourth-order valence-corrected chi connectivity index (χ4v) is 10.2. The first-order chi connectivity index (χ1) is 36.4. The van der Waals surface area contributed by atoms with Gasteiger partial charge in [0, 0.05) is 24.3 Å². The molecule has 18 heteroatoms. The summed E-state index contributed by atoms with van der Waals surface area (Å²) in [5.41, 5.74) is -9.43. The topological polar surface area (TPSA) is 4.44 Å². The molecule has 0 heterocycles. The van der Waals surface area contributed by atoms with Crippen LogP contribution in [0.4, 0.5) is 75.9 Å². The van der Waals surface area contributed by atoms with Crippen molar-refractivity contribution in [1.29, 1.82) is 0 Å². The van der Waals surface area contributed by atoms with E-state index in [1.807, 2.05) is 0 Å². The van der Waals surface area contributed by atoms with Crippen molar-refractivity contribution in [2.45, 2.75) is 168 Å². The summed E-state index contributed by atoms with van der Waals surface area (Å²) in [4.78, 5) is 1.73. The van der Waals surface area contributed by atoms with E-state index in [1.165, 1.54) is 173 Å². The highest BCUT2D eigenvalue weighted by atomic mass is 19.2. The number of nitrogens with one attached hydrogen (secondary N) is 1. The largest absolute Gasteiger partial charge is 0.302 e. The lowest BCUT2D eigenvalue weighted by molar-refractivity contribution is -0.833. The Morgan fingerprint density at radius 3 is 0.737 bits per heavy atom. The Hall–Kier alpha value is -5.00. The standard InChI is InChI=1S/C34H63N.C24H4BF16/c1-3-5-7-9-11-13-15-17-19-21-23-28-32-35(34-30-26-25-27-31-34)33-29-24-22-20-18-16-14-12-10-8-6-4-2;26-5-1-9(30)17(34)21(38)13(5)25(14-6(27)2-10(31)18(35)22(14)39,15-7(28)3-11(32)19(36)23(15)40)16-8(29)4-12(33)20(37)24(16)41/h25-27,30-31H,3-24,28-29,32-33H2,1-2H3;1-4H/q;-1/p+1. The lowest BCUT2D eigenvalue weighted by Gasteiger charge is -2.44. The Labute approximate surface area is 436 Å². The van der Waals surface area contributed by atoms with E-state index in [2.05, 4.69) is 44.2 Å². The summed E-state index contributed by atoms with van der Waals surface area (Å²) in [5.74, 6) is -45.1. The van der Waals surface area contributed by atoms with Crippen molar-refractivity contribution in [1.82, 2.24) is 0 Å². The molecule has 420 valence electrons. The van der Waals surface area contributed by atoms with Gasteiger partial charge in [-0.1, -0.05) is 160 Å². The van der Waals surface area contributed by atoms with Crippen LogP contribution < -0.4 is 26.8 Å². The molecule has 0 amide bonds. The van der Waals surface area contributed by atoms with Crippen molar-refractivity contribution in [2.24, 2.45) is 0 Å². The number of benzene rings is 5. The number of quaternary nitrogens is 1. The van der Waals surface area contributed by atoms with E-state index in [1.54, 1.807) is 4.90 Å². The van der Waals surface area contributed by atoms with Gasteiger partial charge in [-0.25, -0.2) is 70.2 Å². The fraction of sp³-hybridized carbons (Fsp3) is 0.483. The number of unbranched alkanes of at least 4 members (excludes halogenated alkanes) is 22. The molecule has 0 bridgehead atoms. The lowest BCUT2D eigenvalue weighted by Crippen LogP contribution is -3.07. The molecule has 0 aliphatic carbocycles. The van der Waals surface area contributed by atoms with Gasteiger partial charge in [0.25, 0.3) is 0 Å². The number of hydrogen-bond donors (Lipinski definition) is 1. The maximum atomic E-state index is 15.3. The van der Waals surface area contributed by atoms with E-state index in [-0.39, 0.29) is 0 Å². The molecule has 76 heavy (non-hydrogen) atoms. The molecular weight excluding hydrogens is 1030 g/mol. The highest BCUT2D eigenvalue weighted by Crippen LogP contribution is 2.28. The lowest BCUT2D eigenvalue weighted by atomic mass is 9.12. The summed E-state index contributed by atoms with van der Waals surface area (Å²) < 4.78 is 235. The van der Waals surface area contributed by atoms with Crippen LogP contribution in [0.1, 0.15) is 168 Å². The van der Waals surface area contributed by atoms with Gasteiger partial charge in [-0.15, -0.1) is 21.9 Å². The maximum Gasteiger partial charge on any atom is 0.191 e. The molecule has 0 saturated heterocycles. The quantitative estimate of drug-likeness (QED) is 0.0148. The second-order valence-corrected chi connectivity index (χ2v) is 19.6. The first-order valence-corrected chi connectivity index (χ1v) is 26.8. The van der Waals surface area contributed by atoms with Crippen molar-refractivity contribution in [2.75, 3.05) is 13.1 Å². The van der Waals surface area contributed by atoms with Gasteiger partial charge in [-0.3, -0.25) is 0 Å². The Balaban J connectivity index is 0.000000334. The third kappa shape index (κ3) is 16.5. The molecule has 5 rings (SSSR count). The average Bonchev–Trinajstić information content (AvgIpc) is 3.38. The molecular formula is C58H68BF16N. The van der Waals surface area contributed by atoms with Gasteiger partial charge < -0.3 is 4.90 Å². The van der Waals surface area contributed by atoms with E-state index in [0.717, 1.165) is 0 Å². The van der Waals surface area contributed by atoms with Crippen LogP contribution in [0.15, 0.2) is 54.6 Å². The maximum absolute atomic E-state index is 15.3. The molecule has 0 aromatic heterocycles. The van der Waals surface area contributed by atoms with E-state index in [4.69, 9.17) is 0 Å². The zero-order chi connectivity index (χ0) is 56.0. The van der Waals surface area contributed by atoms with Crippen molar-refractivity contribution < 1.29 is 75.1 Å². The molecule has 0 spiro atoms. The zero-order valence-corrected chi connectivity index (χ0v) is 43.2. The fourth-order valence-electron chi connectivity index (χ4n) is 10.2. The molecule has 5 aromatic carbocycles. The summed E-state index contributed by atoms with van der Waals surface area (Å²) in [5, 5.41) is 0. The van der Waals surface area contributed by atoms with E-state index >= 15 is 35.1 Å². The summed E-state index contributed by atoms with van der Waals surface area (Å²) in [6.45, 7) is 7.25. The van der Waals surface area contributed by atoms with E-state index in [0.29, 0.717) is 0 Å². The van der Waals surface area contributed by atoms with E-state index < -0.39 is 145 Å². The average molecular weight is 1090 g/mol. The molecule has 0 saturated carbocycles. The van der Waals surface area contributed by atoms with Gasteiger partial charge >= 0.3 is 0 Å². The van der Waals surface area contributed by atoms with Crippen LogP contribution in [0, 0.1) is 93.1 Å². The van der Waals surface area contributed by atoms with Crippen molar-refractivity contribution in [3.05, 3.63) is 148 Å².